The number of likely N-dealkylation sites (N-methyl/N-ethyl adjacent to an activating group) is 1. The lowest BCUT2D eigenvalue weighted by Crippen LogP contribution is -2.27. The van der Waals surface area contributed by atoms with Crippen molar-refractivity contribution >= 4 is 33.8 Å². The molecule has 0 bridgehead atoms. The van der Waals surface area contributed by atoms with Crippen LogP contribution in [-0.4, -0.2) is 13.0 Å². The van der Waals surface area contributed by atoms with Crippen LogP contribution in [0, 0.1) is 0 Å². The summed E-state index contributed by atoms with van der Waals surface area (Å²) in [5.74, 6) is 0.0162. The fourth-order valence-electron chi connectivity index (χ4n) is 3.01. The van der Waals surface area contributed by atoms with Crippen LogP contribution in [0.5, 0.6) is 0 Å². The summed E-state index contributed by atoms with van der Waals surface area (Å²) in [7, 11) is 1.85. The number of anilines is 1. The van der Waals surface area contributed by atoms with E-state index in [1.807, 2.05) is 73.8 Å². The van der Waals surface area contributed by atoms with Crippen LogP contribution in [0.15, 0.2) is 89.8 Å². The number of hydrogen-bond acceptors (Lipinski definition) is 2. The highest BCUT2D eigenvalue weighted by atomic mass is 32.2. The van der Waals surface area contributed by atoms with Gasteiger partial charge in [-0.15, -0.1) is 0 Å². The smallest absolute Gasteiger partial charge is 0.259 e. The highest BCUT2D eigenvalue weighted by Gasteiger charge is 2.28. The molecule has 1 aliphatic heterocycles. The number of hydrogen-bond donors (Lipinski definition) is 0. The number of nitrogens with zero attached hydrogens (tertiary/aromatic N) is 1. The Morgan fingerprint density at radius 2 is 1.28 bits per heavy atom. The second-order valence-corrected chi connectivity index (χ2v) is 6.92. The molecule has 0 aliphatic carbocycles. The molecule has 0 saturated carbocycles. The minimum Gasteiger partial charge on any atom is -0.310 e. The average Bonchev–Trinajstić information content (AvgIpc) is 2.79. The third kappa shape index (κ3) is 2.87. The van der Waals surface area contributed by atoms with E-state index in [0.29, 0.717) is 0 Å². The summed E-state index contributed by atoms with van der Waals surface area (Å²) in [6.45, 7) is 0. The van der Waals surface area contributed by atoms with Gasteiger partial charge in [-0.1, -0.05) is 84.6 Å². The maximum absolute atomic E-state index is 13.3. The topological polar surface area (TPSA) is 20.3 Å². The first-order valence-electron chi connectivity index (χ1n) is 8.16. The average molecular weight is 343 g/mol. The van der Waals surface area contributed by atoms with Gasteiger partial charge in [-0.3, -0.25) is 4.79 Å². The summed E-state index contributed by atoms with van der Waals surface area (Å²) in [5.41, 5.74) is 3.69. The van der Waals surface area contributed by atoms with E-state index in [1.165, 1.54) is 0 Å². The Morgan fingerprint density at radius 3 is 1.96 bits per heavy atom. The monoisotopic (exact) mass is 343 g/mol. The number of benzene rings is 3. The van der Waals surface area contributed by atoms with Crippen LogP contribution in [0.25, 0.3) is 10.5 Å². The van der Waals surface area contributed by atoms with Gasteiger partial charge in [0.2, 0.25) is 0 Å². The van der Waals surface area contributed by atoms with Crippen LogP contribution in [0.1, 0.15) is 11.1 Å². The van der Waals surface area contributed by atoms with Gasteiger partial charge in [0.25, 0.3) is 5.91 Å². The molecule has 0 radical (unpaired) electrons. The van der Waals surface area contributed by atoms with Crippen LogP contribution in [-0.2, 0) is 4.79 Å². The van der Waals surface area contributed by atoms with Gasteiger partial charge in [-0.05, 0) is 23.3 Å². The fourth-order valence-corrected chi connectivity index (χ4v) is 4.25. The molecule has 1 heterocycles. The largest absolute Gasteiger partial charge is 0.310 e. The van der Waals surface area contributed by atoms with E-state index in [4.69, 9.17) is 0 Å². The molecule has 2 nitrogen and oxygen atoms in total. The SMILES string of the molecule is CN1C(=O)C(c2ccccc2)=C(c2ccccc2)Sc2ccccc21. The molecule has 3 aromatic carbocycles. The number of carbonyl (C=O) groups is 1. The lowest BCUT2D eigenvalue weighted by atomic mass is 10.0. The van der Waals surface area contributed by atoms with Crippen molar-refractivity contribution in [3.05, 3.63) is 96.1 Å². The van der Waals surface area contributed by atoms with Crippen molar-refractivity contribution < 1.29 is 4.79 Å². The first kappa shape index (κ1) is 15.7. The van der Waals surface area contributed by atoms with E-state index < -0.39 is 0 Å². The molecular weight excluding hydrogens is 326 g/mol. The third-order valence-corrected chi connectivity index (χ3v) is 5.49. The summed E-state index contributed by atoms with van der Waals surface area (Å²) < 4.78 is 0. The number of rotatable bonds is 2. The van der Waals surface area contributed by atoms with Crippen LogP contribution >= 0.6 is 11.8 Å². The number of thioether (sulfide) groups is 1. The van der Waals surface area contributed by atoms with Gasteiger partial charge in [0, 0.05) is 16.8 Å². The van der Waals surface area contributed by atoms with E-state index in [2.05, 4.69) is 18.2 Å². The molecule has 1 aliphatic rings. The zero-order valence-electron chi connectivity index (χ0n) is 13.8. The van der Waals surface area contributed by atoms with E-state index in [1.54, 1.807) is 16.7 Å². The Bertz CT molecular complexity index is 948. The minimum atomic E-state index is 0.0162. The number of amides is 1. The van der Waals surface area contributed by atoms with Crippen molar-refractivity contribution in [1.29, 1.82) is 0 Å². The van der Waals surface area contributed by atoms with Gasteiger partial charge in [0.1, 0.15) is 0 Å². The minimum absolute atomic E-state index is 0.0162. The van der Waals surface area contributed by atoms with Crippen molar-refractivity contribution in [2.75, 3.05) is 11.9 Å². The van der Waals surface area contributed by atoms with E-state index >= 15 is 0 Å². The Kier molecular flexibility index (Phi) is 4.16. The Labute approximate surface area is 151 Å². The second kappa shape index (κ2) is 6.61. The Morgan fingerprint density at radius 1 is 0.720 bits per heavy atom. The zero-order valence-corrected chi connectivity index (χ0v) is 14.7. The second-order valence-electron chi connectivity index (χ2n) is 5.87. The Hall–Kier alpha value is -2.78. The van der Waals surface area contributed by atoms with Crippen LogP contribution in [0.3, 0.4) is 0 Å². The molecule has 3 heteroatoms. The molecule has 1 amide bonds. The highest BCUT2D eigenvalue weighted by Crippen LogP contribution is 2.46. The zero-order chi connectivity index (χ0) is 17.2. The summed E-state index contributed by atoms with van der Waals surface area (Å²) in [5, 5.41) is 0. The van der Waals surface area contributed by atoms with E-state index in [0.717, 1.165) is 32.2 Å². The molecule has 0 N–H and O–H groups in total. The Balaban J connectivity index is 2.00. The first-order chi connectivity index (χ1) is 12.3. The van der Waals surface area contributed by atoms with Crippen molar-refractivity contribution in [1.82, 2.24) is 0 Å². The molecule has 4 rings (SSSR count). The summed E-state index contributed by atoms with van der Waals surface area (Å²) in [6, 6.07) is 28.1. The normalized spacial score (nSPS) is 14.3. The van der Waals surface area contributed by atoms with Crippen LogP contribution < -0.4 is 4.90 Å². The molecule has 0 fully saturated rings. The maximum atomic E-state index is 13.3. The maximum Gasteiger partial charge on any atom is 0.259 e. The number of fused-ring (bicyclic) bond motifs is 1. The lowest BCUT2D eigenvalue weighted by molar-refractivity contribution is -0.113. The van der Waals surface area contributed by atoms with E-state index in [9.17, 15) is 4.79 Å². The molecule has 0 aromatic heterocycles. The summed E-state index contributed by atoms with van der Waals surface area (Å²) in [4.78, 5) is 17.2. The van der Waals surface area contributed by atoms with Gasteiger partial charge in [0.15, 0.2) is 0 Å². The summed E-state index contributed by atoms with van der Waals surface area (Å²) in [6.07, 6.45) is 0. The fraction of sp³-hybridized carbons (Fsp3) is 0.0455. The van der Waals surface area contributed by atoms with Gasteiger partial charge in [-0.25, -0.2) is 0 Å². The molecule has 0 spiro atoms. The third-order valence-electron chi connectivity index (χ3n) is 4.28. The predicted octanol–water partition coefficient (Wildman–Crippen LogP) is 5.32. The van der Waals surface area contributed by atoms with Crippen molar-refractivity contribution in [2.24, 2.45) is 0 Å². The van der Waals surface area contributed by atoms with Gasteiger partial charge >= 0.3 is 0 Å². The molecule has 3 aromatic rings. The van der Waals surface area contributed by atoms with Crippen molar-refractivity contribution in [3.8, 4) is 0 Å². The lowest BCUT2D eigenvalue weighted by Gasteiger charge is -2.18. The van der Waals surface area contributed by atoms with Gasteiger partial charge in [-0.2, -0.15) is 0 Å². The molecular formula is C22H17NOS. The molecule has 122 valence electrons. The van der Waals surface area contributed by atoms with E-state index in [-0.39, 0.29) is 5.91 Å². The van der Waals surface area contributed by atoms with Gasteiger partial charge < -0.3 is 4.90 Å². The predicted molar refractivity (Wildman–Crippen MR) is 105 cm³/mol. The summed E-state index contributed by atoms with van der Waals surface area (Å²) >= 11 is 1.66. The standard InChI is InChI=1S/C22H17NOS/c1-23-18-14-8-9-15-19(18)25-21(17-12-6-3-7-13-17)20(22(23)24)16-10-4-2-5-11-16/h2-15H,1H3. The molecule has 0 unspecified atom stereocenters. The number of para-hydroxylation sites is 1. The number of carbonyl (C=O) groups excluding carboxylic acids is 1. The molecule has 0 atom stereocenters. The molecule has 0 saturated heterocycles. The highest BCUT2D eigenvalue weighted by molar-refractivity contribution is 8.08. The molecule has 25 heavy (non-hydrogen) atoms. The van der Waals surface area contributed by atoms with Crippen LogP contribution in [0.4, 0.5) is 5.69 Å². The quantitative estimate of drug-likeness (QED) is 0.627. The van der Waals surface area contributed by atoms with Crippen molar-refractivity contribution in [2.45, 2.75) is 4.90 Å². The first-order valence-corrected chi connectivity index (χ1v) is 8.97. The van der Waals surface area contributed by atoms with Crippen molar-refractivity contribution in [3.63, 3.8) is 0 Å². The van der Waals surface area contributed by atoms with Crippen LogP contribution in [0.2, 0.25) is 0 Å². The van der Waals surface area contributed by atoms with Gasteiger partial charge in [0.05, 0.1) is 11.3 Å².